The zero-order chi connectivity index (χ0) is 8.43. The largest absolute Gasteiger partial charge is 0.768 e. The van der Waals surface area contributed by atoms with Crippen LogP contribution in [-0.4, -0.2) is 8.76 Å². The van der Waals surface area contributed by atoms with Crippen LogP contribution in [0.3, 0.4) is 0 Å². The second-order valence-corrected chi connectivity index (χ2v) is 2.83. The van der Waals surface area contributed by atoms with Crippen molar-refractivity contribution in [3.63, 3.8) is 0 Å². The lowest BCUT2D eigenvalue weighted by Gasteiger charge is -2.05. The van der Waals surface area contributed by atoms with Gasteiger partial charge in [0.2, 0.25) is 0 Å². The maximum Gasteiger partial charge on any atom is 0.140 e. The van der Waals surface area contributed by atoms with Gasteiger partial charge in [0.05, 0.1) is 4.90 Å². The average molecular weight is 174 g/mol. The van der Waals surface area contributed by atoms with Crippen LogP contribution in [-0.2, 0) is 11.1 Å². The summed E-state index contributed by atoms with van der Waals surface area (Å²) in [5.41, 5.74) is 5.39. The highest BCUT2D eigenvalue weighted by atomic mass is 32.2. The van der Waals surface area contributed by atoms with Gasteiger partial charge in [-0.25, -0.2) is 4.39 Å². The molecule has 0 spiro atoms. The lowest BCUT2D eigenvalue weighted by atomic mass is 10.3. The SMILES string of the molecule is Nc1ccc(S(=O)[O-])c(F)c1. The highest BCUT2D eigenvalue weighted by Gasteiger charge is 2.01. The average Bonchev–Trinajstić information content (AvgIpc) is 1.85. The Bertz CT molecular complexity index is 303. The van der Waals surface area contributed by atoms with Crippen molar-refractivity contribution in [1.29, 1.82) is 0 Å². The van der Waals surface area contributed by atoms with Crippen LogP contribution in [0.4, 0.5) is 10.1 Å². The molecule has 5 heteroatoms. The predicted molar refractivity (Wildman–Crippen MR) is 38.0 cm³/mol. The Labute approximate surface area is 65.3 Å². The smallest absolute Gasteiger partial charge is 0.140 e. The van der Waals surface area contributed by atoms with E-state index in [1.54, 1.807) is 0 Å². The van der Waals surface area contributed by atoms with E-state index in [-0.39, 0.29) is 10.6 Å². The summed E-state index contributed by atoms with van der Waals surface area (Å²) in [5, 5.41) is 0. The fraction of sp³-hybridized carbons (Fsp3) is 0. The molecule has 0 saturated heterocycles. The molecule has 0 bridgehead atoms. The molecule has 3 nitrogen and oxygen atoms in total. The minimum Gasteiger partial charge on any atom is -0.768 e. The summed E-state index contributed by atoms with van der Waals surface area (Å²) >= 11 is -2.53. The first-order valence-corrected chi connectivity index (χ1v) is 3.83. The molecule has 1 aromatic carbocycles. The van der Waals surface area contributed by atoms with Crippen LogP contribution in [0.1, 0.15) is 0 Å². The van der Waals surface area contributed by atoms with E-state index in [0.29, 0.717) is 0 Å². The van der Waals surface area contributed by atoms with Crippen molar-refractivity contribution in [3.05, 3.63) is 24.0 Å². The van der Waals surface area contributed by atoms with Gasteiger partial charge in [0.15, 0.2) is 0 Å². The molecule has 0 amide bonds. The third-order valence-electron chi connectivity index (χ3n) is 1.14. The highest BCUT2D eigenvalue weighted by Crippen LogP contribution is 2.13. The molecular formula is C6H5FNO2S-. The van der Waals surface area contributed by atoms with Gasteiger partial charge in [-0.1, -0.05) is 0 Å². The third kappa shape index (κ3) is 1.75. The summed E-state index contributed by atoms with van der Waals surface area (Å²) in [4.78, 5) is -0.362. The quantitative estimate of drug-likeness (QED) is 0.502. The summed E-state index contributed by atoms with van der Waals surface area (Å²) < 4.78 is 33.1. The Morgan fingerprint density at radius 1 is 1.55 bits per heavy atom. The number of anilines is 1. The van der Waals surface area contributed by atoms with Crippen molar-refractivity contribution < 1.29 is 13.2 Å². The van der Waals surface area contributed by atoms with E-state index in [1.165, 1.54) is 6.07 Å². The van der Waals surface area contributed by atoms with Gasteiger partial charge in [0.25, 0.3) is 0 Å². The second-order valence-electron chi connectivity index (χ2n) is 1.92. The summed E-state index contributed by atoms with van der Waals surface area (Å²) in [6.45, 7) is 0. The first-order chi connectivity index (χ1) is 5.11. The minimum absolute atomic E-state index is 0.205. The number of nitrogens with two attached hydrogens (primary N) is 1. The molecule has 60 valence electrons. The molecule has 0 heterocycles. The standard InChI is InChI=1S/C6H6FNO2S/c7-5-3-4(8)1-2-6(5)11(9)10/h1-3H,8H2,(H,9,10)/p-1. The first kappa shape index (κ1) is 8.16. The predicted octanol–water partition coefficient (Wildman–Crippen LogP) is 0.646. The van der Waals surface area contributed by atoms with Crippen molar-refractivity contribution in [1.82, 2.24) is 0 Å². The third-order valence-corrected chi connectivity index (χ3v) is 1.83. The van der Waals surface area contributed by atoms with Crippen molar-refractivity contribution in [3.8, 4) is 0 Å². The zero-order valence-corrected chi connectivity index (χ0v) is 6.23. The fourth-order valence-corrected chi connectivity index (χ4v) is 1.05. The molecule has 11 heavy (non-hydrogen) atoms. The minimum atomic E-state index is -2.53. The van der Waals surface area contributed by atoms with E-state index >= 15 is 0 Å². The lowest BCUT2D eigenvalue weighted by Crippen LogP contribution is -1.95. The normalized spacial score (nSPS) is 12.9. The Balaban J connectivity index is 3.20. The van der Waals surface area contributed by atoms with Gasteiger partial charge >= 0.3 is 0 Å². The number of hydrogen-bond acceptors (Lipinski definition) is 3. The molecule has 1 atom stereocenters. The van der Waals surface area contributed by atoms with E-state index in [4.69, 9.17) is 5.73 Å². The van der Waals surface area contributed by atoms with Crippen molar-refractivity contribution in [2.24, 2.45) is 0 Å². The number of benzene rings is 1. The summed E-state index contributed by atoms with van der Waals surface area (Å²) in [6, 6.07) is 3.41. The van der Waals surface area contributed by atoms with Crippen LogP contribution in [0.2, 0.25) is 0 Å². The molecule has 0 aromatic heterocycles. The van der Waals surface area contributed by atoms with Gasteiger partial charge in [-0.3, -0.25) is 4.21 Å². The molecule has 0 saturated carbocycles. The van der Waals surface area contributed by atoms with Gasteiger partial charge in [0, 0.05) is 5.69 Å². The van der Waals surface area contributed by atoms with Crippen LogP contribution in [0.25, 0.3) is 0 Å². The summed E-state index contributed by atoms with van der Waals surface area (Å²) in [6.07, 6.45) is 0. The molecule has 2 N–H and O–H groups in total. The van der Waals surface area contributed by atoms with Crippen LogP contribution >= 0.6 is 0 Å². The number of hydrogen-bond donors (Lipinski definition) is 1. The van der Waals surface area contributed by atoms with E-state index in [0.717, 1.165) is 12.1 Å². The Hall–Kier alpha value is -0.940. The molecule has 1 rings (SSSR count). The Kier molecular flexibility index (Phi) is 2.21. The van der Waals surface area contributed by atoms with Crippen molar-refractivity contribution in [2.45, 2.75) is 4.90 Å². The van der Waals surface area contributed by atoms with E-state index < -0.39 is 16.9 Å². The monoisotopic (exact) mass is 174 g/mol. The molecule has 0 radical (unpaired) electrons. The van der Waals surface area contributed by atoms with Crippen molar-refractivity contribution >= 4 is 16.8 Å². The van der Waals surface area contributed by atoms with E-state index in [9.17, 15) is 13.2 Å². The van der Waals surface area contributed by atoms with Crippen LogP contribution in [0.15, 0.2) is 23.1 Å². The second kappa shape index (κ2) is 2.98. The van der Waals surface area contributed by atoms with Gasteiger partial charge in [-0.15, -0.1) is 0 Å². The molecule has 0 aliphatic carbocycles. The van der Waals surface area contributed by atoms with Crippen LogP contribution < -0.4 is 5.73 Å². The molecular weight excluding hydrogens is 169 g/mol. The molecule has 0 fully saturated rings. The van der Waals surface area contributed by atoms with E-state index in [1.807, 2.05) is 0 Å². The number of rotatable bonds is 1. The van der Waals surface area contributed by atoms with Gasteiger partial charge < -0.3 is 10.3 Å². The van der Waals surface area contributed by atoms with Crippen molar-refractivity contribution in [2.75, 3.05) is 5.73 Å². The number of nitrogen functional groups attached to an aromatic ring is 1. The molecule has 1 unspecified atom stereocenters. The van der Waals surface area contributed by atoms with E-state index in [2.05, 4.69) is 0 Å². The first-order valence-electron chi connectivity index (χ1n) is 2.75. The zero-order valence-electron chi connectivity index (χ0n) is 5.41. The lowest BCUT2D eigenvalue weighted by molar-refractivity contribution is 0.523. The topological polar surface area (TPSA) is 66.2 Å². The van der Waals surface area contributed by atoms with Gasteiger partial charge in [-0.2, -0.15) is 0 Å². The molecule has 0 aliphatic heterocycles. The van der Waals surface area contributed by atoms with Gasteiger partial charge in [0.1, 0.15) is 5.82 Å². The Morgan fingerprint density at radius 2 is 2.18 bits per heavy atom. The fourth-order valence-electron chi connectivity index (χ4n) is 0.652. The van der Waals surface area contributed by atoms with Crippen LogP contribution in [0, 0.1) is 5.82 Å². The van der Waals surface area contributed by atoms with Gasteiger partial charge in [-0.05, 0) is 29.3 Å². The highest BCUT2D eigenvalue weighted by molar-refractivity contribution is 7.79. The summed E-state index contributed by atoms with van der Waals surface area (Å²) in [5.74, 6) is -0.821. The molecule has 1 aromatic rings. The Morgan fingerprint density at radius 3 is 2.64 bits per heavy atom. The maximum absolute atomic E-state index is 12.6. The van der Waals surface area contributed by atoms with Crippen LogP contribution in [0.5, 0.6) is 0 Å². The molecule has 0 aliphatic rings. The maximum atomic E-state index is 12.6. The summed E-state index contributed by atoms with van der Waals surface area (Å²) in [7, 11) is 0. The number of halogens is 1.